The van der Waals surface area contributed by atoms with Crippen molar-refractivity contribution in [3.63, 3.8) is 0 Å². The summed E-state index contributed by atoms with van der Waals surface area (Å²) in [5, 5.41) is 8.29. The SMILES string of the molecule is COc1c(Br)ccc(F)c1-c1ccc(N(CC2(c3ncccc3F)CC(F)C2)C(=O)OC(C)(C)C)nn1. The molecule has 0 spiro atoms. The van der Waals surface area contributed by atoms with Crippen molar-refractivity contribution in [3.05, 3.63) is 64.4 Å². The van der Waals surface area contributed by atoms with Gasteiger partial charge in [0.1, 0.15) is 29.2 Å². The second kappa shape index (κ2) is 10.3. The Morgan fingerprint density at radius 2 is 1.86 bits per heavy atom. The molecule has 0 unspecified atom stereocenters. The van der Waals surface area contributed by atoms with Gasteiger partial charge in [0, 0.05) is 18.2 Å². The minimum absolute atomic E-state index is 0.0216. The van der Waals surface area contributed by atoms with Crippen molar-refractivity contribution in [2.24, 2.45) is 0 Å². The maximum absolute atomic E-state index is 14.7. The highest BCUT2D eigenvalue weighted by Crippen LogP contribution is 2.47. The van der Waals surface area contributed by atoms with Gasteiger partial charge in [-0.15, -0.1) is 10.2 Å². The first-order valence-electron chi connectivity index (χ1n) is 11.6. The number of benzene rings is 1. The van der Waals surface area contributed by atoms with E-state index in [1.807, 2.05) is 0 Å². The van der Waals surface area contributed by atoms with Gasteiger partial charge in [-0.1, -0.05) is 0 Å². The molecule has 0 N–H and O–H groups in total. The summed E-state index contributed by atoms with van der Waals surface area (Å²) in [7, 11) is 1.40. The Hall–Kier alpha value is -3.21. The second-order valence-electron chi connectivity index (χ2n) is 9.90. The van der Waals surface area contributed by atoms with Crippen LogP contribution in [0.25, 0.3) is 11.3 Å². The molecule has 11 heteroatoms. The Morgan fingerprint density at radius 3 is 2.43 bits per heavy atom. The first-order chi connectivity index (χ1) is 17.4. The zero-order valence-electron chi connectivity index (χ0n) is 20.8. The number of hydrogen-bond acceptors (Lipinski definition) is 6. The van der Waals surface area contributed by atoms with Crippen molar-refractivity contribution in [2.75, 3.05) is 18.6 Å². The maximum Gasteiger partial charge on any atom is 0.416 e. The molecular weight excluding hydrogens is 553 g/mol. The fraction of sp³-hybridized carbons (Fsp3) is 0.385. The number of alkyl halides is 1. The minimum atomic E-state index is -1.16. The lowest BCUT2D eigenvalue weighted by Crippen LogP contribution is -2.54. The third-order valence-electron chi connectivity index (χ3n) is 6.01. The predicted molar refractivity (Wildman–Crippen MR) is 135 cm³/mol. The molecule has 1 fully saturated rings. The third-order valence-corrected chi connectivity index (χ3v) is 6.63. The number of hydrogen-bond donors (Lipinski definition) is 0. The van der Waals surface area contributed by atoms with Crippen molar-refractivity contribution in [3.8, 4) is 17.0 Å². The number of carbonyl (C=O) groups is 1. The van der Waals surface area contributed by atoms with Crippen molar-refractivity contribution < 1.29 is 27.4 Å². The normalized spacial score (nSPS) is 19.2. The van der Waals surface area contributed by atoms with E-state index in [4.69, 9.17) is 9.47 Å². The Labute approximate surface area is 221 Å². The number of halogens is 4. The van der Waals surface area contributed by atoms with E-state index in [1.165, 1.54) is 54.6 Å². The molecule has 0 radical (unpaired) electrons. The summed E-state index contributed by atoms with van der Waals surface area (Å²) in [5.41, 5.74) is -1.60. The lowest BCUT2D eigenvalue weighted by Gasteiger charge is -2.46. The molecule has 1 aliphatic carbocycles. The van der Waals surface area contributed by atoms with E-state index in [2.05, 4.69) is 31.1 Å². The molecule has 0 aliphatic heterocycles. The van der Waals surface area contributed by atoms with E-state index in [-0.39, 0.29) is 47.9 Å². The number of rotatable bonds is 6. The van der Waals surface area contributed by atoms with Gasteiger partial charge in [0.25, 0.3) is 0 Å². The Balaban J connectivity index is 1.74. The van der Waals surface area contributed by atoms with Crippen LogP contribution in [-0.2, 0) is 10.2 Å². The van der Waals surface area contributed by atoms with Crippen LogP contribution in [0, 0.1) is 11.6 Å². The molecule has 1 amide bonds. The van der Waals surface area contributed by atoms with Crippen LogP contribution in [0.5, 0.6) is 5.75 Å². The second-order valence-corrected chi connectivity index (χ2v) is 10.8. The molecule has 1 saturated carbocycles. The summed E-state index contributed by atoms with van der Waals surface area (Å²) in [5.74, 6) is -0.846. The lowest BCUT2D eigenvalue weighted by atomic mass is 9.64. The van der Waals surface area contributed by atoms with Gasteiger partial charge >= 0.3 is 6.09 Å². The summed E-state index contributed by atoms with van der Waals surface area (Å²) in [6.07, 6.45) is -0.544. The highest BCUT2D eigenvalue weighted by molar-refractivity contribution is 9.10. The number of aromatic nitrogens is 3. The van der Waals surface area contributed by atoms with E-state index < -0.39 is 34.9 Å². The molecule has 0 bridgehead atoms. The zero-order chi connectivity index (χ0) is 27.0. The standard InChI is InChI=1S/C26H26BrF3N4O3/c1-25(2,3)37-24(35)34(14-26(12-15(28)13-26)23-18(30)6-5-11-31-23)20-10-9-19(32-33-20)21-17(29)8-7-16(27)22(21)36-4/h5-11,15H,12-14H2,1-4H3. The fourth-order valence-corrected chi connectivity index (χ4v) is 4.89. The van der Waals surface area contributed by atoms with E-state index in [9.17, 15) is 18.0 Å². The number of pyridine rings is 1. The third kappa shape index (κ3) is 5.56. The van der Waals surface area contributed by atoms with E-state index in [0.29, 0.717) is 4.47 Å². The average molecular weight is 579 g/mol. The van der Waals surface area contributed by atoms with Crippen molar-refractivity contribution in [1.29, 1.82) is 0 Å². The first kappa shape index (κ1) is 26.8. The first-order valence-corrected chi connectivity index (χ1v) is 12.3. The van der Waals surface area contributed by atoms with Gasteiger partial charge in [0.15, 0.2) is 5.82 Å². The summed E-state index contributed by atoms with van der Waals surface area (Å²) in [6, 6.07) is 8.43. The van der Waals surface area contributed by atoms with Crippen LogP contribution >= 0.6 is 15.9 Å². The quantitative estimate of drug-likeness (QED) is 0.337. The number of amides is 1. The summed E-state index contributed by atoms with van der Waals surface area (Å²) < 4.78 is 55.0. The molecule has 0 saturated heterocycles. The monoisotopic (exact) mass is 578 g/mol. The molecule has 2 heterocycles. The van der Waals surface area contributed by atoms with Crippen molar-refractivity contribution >= 4 is 27.8 Å². The maximum atomic E-state index is 14.7. The van der Waals surface area contributed by atoms with Gasteiger partial charge in [0.2, 0.25) is 0 Å². The fourth-order valence-electron chi connectivity index (χ4n) is 4.39. The molecule has 4 rings (SSSR count). The van der Waals surface area contributed by atoms with Crippen LogP contribution in [0.1, 0.15) is 39.3 Å². The molecule has 37 heavy (non-hydrogen) atoms. The lowest BCUT2D eigenvalue weighted by molar-refractivity contribution is 0.0507. The van der Waals surface area contributed by atoms with Crippen LogP contribution in [-0.4, -0.2) is 46.7 Å². The highest BCUT2D eigenvalue weighted by Gasteiger charge is 2.51. The summed E-state index contributed by atoms with van der Waals surface area (Å²) in [6.45, 7) is 4.97. The van der Waals surface area contributed by atoms with Crippen LogP contribution in [0.15, 0.2) is 47.1 Å². The molecular formula is C26H26BrF3N4O3. The zero-order valence-corrected chi connectivity index (χ0v) is 22.4. The number of nitrogens with zero attached hydrogens (tertiary/aromatic N) is 4. The summed E-state index contributed by atoms with van der Waals surface area (Å²) in [4.78, 5) is 18.6. The topological polar surface area (TPSA) is 77.4 Å². The van der Waals surface area contributed by atoms with Gasteiger partial charge in [-0.3, -0.25) is 9.88 Å². The number of methoxy groups -OCH3 is 1. The molecule has 3 aromatic rings. The van der Waals surface area contributed by atoms with Gasteiger partial charge in [-0.05, 0) is 85.9 Å². The molecule has 1 aromatic carbocycles. The smallest absolute Gasteiger partial charge is 0.416 e. The number of ether oxygens (including phenoxy) is 2. The van der Waals surface area contributed by atoms with Crippen molar-refractivity contribution in [2.45, 2.75) is 50.8 Å². The largest absolute Gasteiger partial charge is 0.495 e. The summed E-state index contributed by atoms with van der Waals surface area (Å²) >= 11 is 3.33. The highest BCUT2D eigenvalue weighted by atomic mass is 79.9. The van der Waals surface area contributed by atoms with Crippen molar-refractivity contribution in [1.82, 2.24) is 15.2 Å². The van der Waals surface area contributed by atoms with E-state index >= 15 is 0 Å². The number of anilines is 1. The van der Waals surface area contributed by atoms with Gasteiger partial charge in [0.05, 0.1) is 28.5 Å². The Bertz CT molecular complexity index is 1300. The molecule has 1 aliphatic rings. The number of carbonyl (C=O) groups excluding carboxylic acids is 1. The van der Waals surface area contributed by atoms with Gasteiger partial charge < -0.3 is 9.47 Å². The van der Waals surface area contributed by atoms with E-state index in [0.717, 1.165) is 0 Å². The molecule has 7 nitrogen and oxygen atoms in total. The van der Waals surface area contributed by atoms with Gasteiger partial charge in [-0.25, -0.2) is 18.0 Å². The van der Waals surface area contributed by atoms with Crippen LogP contribution in [0.3, 0.4) is 0 Å². The Morgan fingerprint density at radius 1 is 1.14 bits per heavy atom. The molecule has 2 aromatic heterocycles. The van der Waals surface area contributed by atoms with Crippen LogP contribution < -0.4 is 9.64 Å². The van der Waals surface area contributed by atoms with E-state index in [1.54, 1.807) is 20.8 Å². The molecule has 0 atom stereocenters. The van der Waals surface area contributed by atoms with Crippen LogP contribution in [0.4, 0.5) is 23.8 Å². The van der Waals surface area contributed by atoms with Gasteiger partial charge in [-0.2, -0.15) is 0 Å². The molecule has 196 valence electrons. The minimum Gasteiger partial charge on any atom is -0.495 e. The predicted octanol–water partition coefficient (Wildman–Crippen LogP) is 6.40. The van der Waals surface area contributed by atoms with Crippen LogP contribution in [0.2, 0.25) is 0 Å². The average Bonchev–Trinajstić information content (AvgIpc) is 2.81. The Kier molecular flexibility index (Phi) is 7.45.